The number of imidazole rings is 1. The number of rotatable bonds is 8. The zero-order valence-corrected chi connectivity index (χ0v) is 16.4. The molecule has 0 radical (unpaired) electrons. The lowest BCUT2D eigenvalue weighted by Gasteiger charge is -2.10. The number of aromatic nitrogens is 2. The number of benzene rings is 2. The molecule has 3 rings (SSSR count). The fourth-order valence-corrected chi connectivity index (χ4v) is 3.28. The van der Waals surface area contributed by atoms with Crippen LogP contribution < -0.4 is 20.5 Å². The summed E-state index contributed by atoms with van der Waals surface area (Å²) in [5, 5.41) is 2.84. The summed E-state index contributed by atoms with van der Waals surface area (Å²) < 4.78 is 13.9. The van der Waals surface area contributed by atoms with E-state index in [0.29, 0.717) is 30.3 Å². The van der Waals surface area contributed by atoms with Gasteiger partial charge in [0.15, 0.2) is 11.5 Å². The summed E-state index contributed by atoms with van der Waals surface area (Å²) in [6, 6.07) is 12.9. The van der Waals surface area contributed by atoms with Gasteiger partial charge in [0, 0.05) is 31.3 Å². The van der Waals surface area contributed by atoms with Crippen LogP contribution in [0.25, 0.3) is 11.0 Å². The molecule has 7 nitrogen and oxygen atoms in total. The molecule has 28 heavy (non-hydrogen) atoms. The molecule has 0 fully saturated rings. The van der Waals surface area contributed by atoms with Gasteiger partial charge in [-0.05, 0) is 30.7 Å². The van der Waals surface area contributed by atoms with Crippen LogP contribution in [0, 0.1) is 0 Å². The van der Waals surface area contributed by atoms with Gasteiger partial charge in [0.1, 0.15) is 0 Å². The number of carbonyl (C=O) groups is 1. The highest BCUT2D eigenvalue weighted by molar-refractivity contribution is 5.91. The molecule has 2 aromatic carbocycles. The minimum atomic E-state index is -0.175. The number of ether oxygens (including phenoxy) is 2. The van der Waals surface area contributed by atoms with Crippen LogP contribution >= 0.6 is 0 Å². The van der Waals surface area contributed by atoms with Gasteiger partial charge in [0.25, 0.3) is 0 Å². The van der Waals surface area contributed by atoms with Crippen molar-refractivity contribution in [1.82, 2.24) is 9.13 Å². The highest BCUT2D eigenvalue weighted by Gasteiger charge is 2.14. The van der Waals surface area contributed by atoms with Crippen LogP contribution in [0.2, 0.25) is 0 Å². The van der Waals surface area contributed by atoms with E-state index in [1.54, 1.807) is 41.6 Å². The van der Waals surface area contributed by atoms with Crippen molar-refractivity contribution in [2.45, 2.75) is 32.9 Å². The van der Waals surface area contributed by atoms with E-state index in [4.69, 9.17) is 9.47 Å². The van der Waals surface area contributed by atoms with Crippen molar-refractivity contribution in [3.05, 3.63) is 52.9 Å². The van der Waals surface area contributed by atoms with Crippen LogP contribution in [-0.2, 0) is 17.9 Å². The maximum atomic E-state index is 12.8. The minimum absolute atomic E-state index is 0.0815. The number of hydrogen-bond acceptors (Lipinski definition) is 4. The minimum Gasteiger partial charge on any atom is -0.493 e. The molecule has 1 amide bonds. The van der Waals surface area contributed by atoms with Gasteiger partial charge in [-0.3, -0.25) is 13.9 Å². The number of amides is 1. The van der Waals surface area contributed by atoms with Crippen molar-refractivity contribution in [2.75, 3.05) is 19.5 Å². The van der Waals surface area contributed by atoms with E-state index in [2.05, 4.69) is 5.32 Å². The molecule has 0 bridgehead atoms. The molecule has 0 aliphatic rings. The number of para-hydroxylation sites is 2. The van der Waals surface area contributed by atoms with E-state index in [1.165, 1.54) is 0 Å². The highest BCUT2D eigenvalue weighted by atomic mass is 16.5. The summed E-state index contributed by atoms with van der Waals surface area (Å²) in [6.07, 6.45) is 1.06. The Labute approximate surface area is 163 Å². The fourth-order valence-electron chi connectivity index (χ4n) is 3.28. The van der Waals surface area contributed by atoms with Crippen LogP contribution in [0.15, 0.2) is 47.3 Å². The summed E-state index contributed by atoms with van der Waals surface area (Å²) in [5.74, 6) is 0.960. The van der Waals surface area contributed by atoms with E-state index >= 15 is 0 Å². The van der Waals surface area contributed by atoms with Gasteiger partial charge in [-0.15, -0.1) is 0 Å². The third-order valence-electron chi connectivity index (χ3n) is 4.60. The summed E-state index contributed by atoms with van der Waals surface area (Å²) in [6.45, 7) is 3.01. The molecule has 0 unspecified atom stereocenters. The highest BCUT2D eigenvalue weighted by Crippen LogP contribution is 2.29. The molecule has 3 aromatic rings. The number of methoxy groups -OCH3 is 2. The first-order valence-electron chi connectivity index (χ1n) is 9.29. The third kappa shape index (κ3) is 3.88. The first-order valence-corrected chi connectivity index (χ1v) is 9.29. The van der Waals surface area contributed by atoms with Gasteiger partial charge in [0.05, 0.1) is 25.3 Å². The lowest BCUT2D eigenvalue weighted by Crippen LogP contribution is -2.26. The van der Waals surface area contributed by atoms with Gasteiger partial charge in [0.2, 0.25) is 5.91 Å². The molecule has 0 aliphatic carbocycles. The van der Waals surface area contributed by atoms with Crippen molar-refractivity contribution >= 4 is 22.6 Å². The maximum absolute atomic E-state index is 12.8. The normalized spacial score (nSPS) is 10.8. The Morgan fingerprint density at radius 1 is 0.964 bits per heavy atom. The molecule has 1 aromatic heterocycles. The van der Waals surface area contributed by atoms with Crippen molar-refractivity contribution in [3.8, 4) is 11.5 Å². The maximum Gasteiger partial charge on any atom is 0.329 e. The molecular formula is C21H25N3O4. The Balaban J connectivity index is 1.75. The van der Waals surface area contributed by atoms with Crippen molar-refractivity contribution in [1.29, 1.82) is 0 Å². The summed E-state index contributed by atoms with van der Waals surface area (Å²) >= 11 is 0. The first-order chi connectivity index (χ1) is 13.6. The second-order valence-corrected chi connectivity index (χ2v) is 6.44. The van der Waals surface area contributed by atoms with Crippen molar-refractivity contribution in [2.24, 2.45) is 0 Å². The van der Waals surface area contributed by atoms with Crippen LogP contribution in [-0.4, -0.2) is 29.3 Å². The molecule has 1 heterocycles. The van der Waals surface area contributed by atoms with Gasteiger partial charge >= 0.3 is 5.69 Å². The number of hydrogen-bond donors (Lipinski definition) is 1. The zero-order chi connectivity index (χ0) is 20.1. The predicted molar refractivity (Wildman–Crippen MR) is 109 cm³/mol. The van der Waals surface area contributed by atoms with Gasteiger partial charge < -0.3 is 14.8 Å². The number of carbonyl (C=O) groups excluding carboxylic acids is 1. The average molecular weight is 383 g/mol. The first kappa shape index (κ1) is 19.5. The Morgan fingerprint density at radius 3 is 2.21 bits per heavy atom. The molecule has 0 saturated carbocycles. The van der Waals surface area contributed by atoms with E-state index in [9.17, 15) is 9.59 Å². The van der Waals surface area contributed by atoms with E-state index in [-0.39, 0.29) is 18.0 Å². The van der Waals surface area contributed by atoms with E-state index in [1.807, 2.05) is 31.2 Å². The number of nitrogens with zero attached hydrogens (tertiary/aromatic N) is 2. The van der Waals surface area contributed by atoms with Crippen LogP contribution in [0.4, 0.5) is 5.69 Å². The Kier molecular flexibility index (Phi) is 6.03. The summed E-state index contributed by atoms with van der Waals surface area (Å²) in [7, 11) is 3.10. The van der Waals surface area contributed by atoms with Crippen LogP contribution in [0.1, 0.15) is 19.8 Å². The summed E-state index contributed by atoms with van der Waals surface area (Å²) in [4.78, 5) is 25.2. The van der Waals surface area contributed by atoms with Gasteiger partial charge in [-0.1, -0.05) is 19.1 Å². The number of aryl methyl sites for hydroxylation is 2. The Morgan fingerprint density at radius 2 is 1.61 bits per heavy atom. The standard InChI is InChI=1S/C21H25N3O4/c1-4-12-23-16-7-5-6-8-17(16)24(21(23)26)13-11-20(25)22-15-9-10-18(27-2)19(14-15)28-3/h5-10,14H,4,11-13H2,1-3H3,(H,22,25). The lowest BCUT2D eigenvalue weighted by atomic mass is 10.2. The van der Waals surface area contributed by atoms with Gasteiger partial charge in [-0.2, -0.15) is 0 Å². The monoisotopic (exact) mass is 383 g/mol. The Hall–Kier alpha value is -3.22. The zero-order valence-electron chi connectivity index (χ0n) is 16.4. The van der Waals surface area contributed by atoms with Crippen LogP contribution in [0.5, 0.6) is 11.5 Å². The topological polar surface area (TPSA) is 74.5 Å². The molecule has 7 heteroatoms. The smallest absolute Gasteiger partial charge is 0.329 e. The Bertz CT molecular complexity index is 1040. The van der Waals surface area contributed by atoms with Crippen molar-refractivity contribution in [3.63, 3.8) is 0 Å². The number of fused-ring (bicyclic) bond motifs is 1. The molecule has 0 spiro atoms. The number of anilines is 1. The lowest BCUT2D eigenvalue weighted by molar-refractivity contribution is -0.116. The van der Waals surface area contributed by atoms with Crippen molar-refractivity contribution < 1.29 is 14.3 Å². The molecular weight excluding hydrogens is 358 g/mol. The second kappa shape index (κ2) is 8.65. The molecule has 0 atom stereocenters. The van der Waals surface area contributed by atoms with Gasteiger partial charge in [-0.25, -0.2) is 4.79 Å². The fraction of sp³-hybridized carbons (Fsp3) is 0.333. The molecule has 0 aliphatic heterocycles. The SMILES string of the molecule is CCCn1c(=O)n(CCC(=O)Nc2ccc(OC)c(OC)c2)c2ccccc21. The van der Waals surface area contributed by atoms with Crippen LogP contribution in [0.3, 0.4) is 0 Å². The average Bonchev–Trinajstić information content (AvgIpc) is 2.98. The third-order valence-corrected chi connectivity index (χ3v) is 4.60. The quantitative estimate of drug-likeness (QED) is 0.648. The largest absolute Gasteiger partial charge is 0.493 e. The molecule has 1 N–H and O–H groups in total. The van der Waals surface area contributed by atoms with E-state index in [0.717, 1.165) is 17.5 Å². The molecule has 148 valence electrons. The summed E-state index contributed by atoms with van der Waals surface area (Å²) in [5.41, 5.74) is 2.28. The number of nitrogens with one attached hydrogen (secondary N) is 1. The second-order valence-electron chi connectivity index (χ2n) is 6.44. The van der Waals surface area contributed by atoms with E-state index < -0.39 is 0 Å². The molecule has 0 saturated heterocycles. The predicted octanol–water partition coefficient (Wildman–Crippen LogP) is 3.26.